The molecule has 0 unspecified atom stereocenters. The molecule has 1 saturated carbocycles. The molecule has 2 N–H and O–H groups in total. The number of rotatable bonds is 7. The van der Waals surface area contributed by atoms with Crippen LogP contribution in [-0.4, -0.2) is 55.6 Å². The molecule has 1 aliphatic heterocycles. The van der Waals surface area contributed by atoms with Crippen molar-refractivity contribution < 1.29 is 18.0 Å². The van der Waals surface area contributed by atoms with Gasteiger partial charge < -0.3 is 15.5 Å². The van der Waals surface area contributed by atoms with Crippen molar-refractivity contribution in [3.8, 4) is 0 Å². The average Bonchev–Trinajstić information content (AvgIpc) is 3.58. The van der Waals surface area contributed by atoms with Crippen LogP contribution in [0, 0.1) is 12.8 Å². The van der Waals surface area contributed by atoms with Crippen LogP contribution in [-0.2, 0) is 14.6 Å². The molecule has 2 aliphatic rings. The molecule has 1 saturated heterocycles. The van der Waals surface area contributed by atoms with E-state index < -0.39 is 15.8 Å². The van der Waals surface area contributed by atoms with Crippen molar-refractivity contribution >= 4 is 27.6 Å². The number of amides is 3. The van der Waals surface area contributed by atoms with E-state index in [1.807, 2.05) is 13.0 Å². The number of sulfone groups is 1. The minimum atomic E-state index is -3.28. The molecule has 3 amide bonds. The van der Waals surface area contributed by atoms with E-state index in [2.05, 4.69) is 15.6 Å². The van der Waals surface area contributed by atoms with Crippen molar-refractivity contribution in [1.29, 1.82) is 0 Å². The Bertz CT molecular complexity index is 1110. The molecule has 2 fully saturated rings. The maximum Gasteiger partial charge on any atom is 0.317 e. The summed E-state index contributed by atoms with van der Waals surface area (Å²) in [7, 11) is -1.68. The second kappa shape index (κ2) is 9.51. The topological polar surface area (TPSA) is 108 Å². The molecule has 8 nitrogen and oxygen atoms in total. The molecule has 2 heterocycles. The monoisotopic (exact) mass is 470 g/mol. The minimum absolute atomic E-state index is 0.114. The molecule has 1 aromatic heterocycles. The summed E-state index contributed by atoms with van der Waals surface area (Å²) in [5, 5.41) is 5.27. The van der Waals surface area contributed by atoms with E-state index in [1.54, 1.807) is 48.5 Å². The number of anilines is 1. The fourth-order valence-electron chi connectivity index (χ4n) is 4.31. The second-order valence-electron chi connectivity index (χ2n) is 8.97. The first-order valence-electron chi connectivity index (χ1n) is 11.3. The molecule has 2 aromatic rings. The first-order valence-corrected chi connectivity index (χ1v) is 12.9. The van der Waals surface area contributed by atoms with E-state index >= 15 is 0 Å². The Hall–Kier alpha value is -2.94. The molecule has 0 spiro atoms. The summed E-state index contributed by atoms with van der Waals surface area (Å²) in [6.07, 6.45) is 4.48. The maximum absolute atomic E-state index is 13.3. The van der Waals surface area contributed by atoms with E-state index in [0.717, 1.165) is 17.5 Å². The van der Waals surface area contributed by atoms with Crippen molar-refractivity contribution in [2.24, 2.45) is 5.92 Å². The summed E-state index contributed by atoms with van der Waals surface area (Å²) >= 11 is 0. The molecule has 1 aromatic carbocycles. The normalized spacial score (nSPS) is 19.2. The number of carbonyl (C=O) groups excluding carboxylic acids is 2. The summed E-state index contributed by atoms with van der Waals surface area (Å²) in [4.78, 5) is 31.6. The molecule has 0 bridgehead atoms. The third-order valence-electron chi connectivity index (χ3n) is 6.41. The summed E-state index contributed by atoms with van der Waals surface area (Å²) < 4.78 is 25.1. The van der Waals surface area contributed by atoms with Crippen LogP contribution in [0.2, 0.25) is 0 Å². The highest BCUT2D eigenvalue weighted by molar-refractivity contribution is 7.92. The number of hydrogen-bond donors (Lipinski definition) is 2. The van der Waals surface area contributed by atoms with Gasteiger partial charge in [0.05, 0.1) is 16.1 Å². The van der Waals surface area contributed by atoms with Gasteiger partial charge in [-0.15, -0.1) is 0 Å². The highest BCUT2D eigenvalue weighted by Gasteiger charge is 2.37. The number of nitrogens with zero attached hydrogens (tertiary/aromatic N) is 2. The van der Waals surface area contributed by atoms with Gasteiger partial charge in [0.1, 0.15) is 5.82 Å². The lowest BCUT2D eigenvalue weighted by Crippen LogP contribution is -2.36. The molecule has 33 heavy (non-hydrogen) atoms. The predicted molar refractivity (Wildman–Crippen MR) is 126 cm³/mol. The van der Waals surface area contributed by atoms with Gasteiger partial charge in [0.2, 0.25) is 5.91 Å². The lowest BCUT2D eigenvalue weighted by molar-refractivity contribution is -0.118. The van der Waals surface area contributed by atoms with Crippen LogP contribution in [0.3, 0.4) is 0 Å². The van der Waals surface area contributed by atoms with E-state index in [0.29, 0.717) is 43.1 Å². The van der Waals surface area contributed by atoms with E-state index in [4.69, 9.17) is 0 Å². The van der Waals surface area contributed by atoms with Crippen LogP contribution in [0.15, 0.2) is 47.5 Å². The molecule has 176 valence electrons. The van der Waals surface area contributed by atoms with Crippen molar-refractivity contribution in [1.82, 2.24) is 15.2 Å². The number of aromatic nitrogens is 1. The molecular weight excluding hydrogens is 440 g/mol. The Morgan fingerprint density at radius 2 is 1.85 bits per heavy atom. The Morgan fingerprint density at radius 1 is 1.12 bits per heavy atom. The number of likely N-dealkylation sites (tertiary alicyclic amines) is 1. The Morgan fingerprint density at radius 3 is 2.45 bits per heavy atom. The summed E-state index contributed by atoms with van der Waals surface area (Å²) in [6, 6.07) is 10.2. The number of pyridine rings is 1. The molecule has 9 heteroatoms. The van der Waals surface area contributed by atoms with Gasteiger partial charge in [-0.05, 0) is 67.9 Å². The second-order valence-corrected chi connectivity index (χ2v) is 11.2. The van der Waals surface area contributed by atoms with Crippen LogP contribution in [0.4, 0.5) is 10.6 Å². The molecule has 4 rings (SSSR count). The lowest BCUT2D eigenvalue weighted by Gasteiger charge is -2.21. The van der Waals surface area contributed by atoms with Crippen LogP contribution < -0.4 is 10.6 Å². The number of hydrogen-bond acceptors (Lipinski definition) is 5. The average molecular weight is 471 g/mol. The van der Waals surface area contributed by atoms with Gasteiger partial charge in [-0.25, -0.2) is 18.2 Å². The van der Waals surface area contributed by atoms with Crippen LogP contribution >= 0.6 is 0 Å². The largest absolute Gasteiger partial charge is 0.341 e. The number of aryl methyl sites for hydroxylation is 1. The Balaban J connectivity index is 1.54. The van der Waals surface area contributed by atoms with Crippen LogP contribution in [0.25, 0.3) is 0 Å². The first-order chi connectivity index (χ1) is 15.8. The van der Waals surface area contributed by atoms with E-state index in [-0.39, 0.29) is 23.1 Å². The number of benzene rings is 1. The van der Waals surface area contributed by atoms with Crippen molar-refractivity contribution in [2.75, 3.05) is 25.5 Å². The fourth-order valence-corrected chi connectivity index (χ4v) is 5.97. The van der Waals surface area contributed by atoms with Crippen molar-refractivity contribution in [3.05, 3.63) is 53.7 Å². The smallest absolute Gasteiger partial charge is 0.317 e. The van der Waals surface area contributed by atoms with Crippen molar-refractivity contribution in [3.63, 3.8) is 0 Å². The SMILES string of the molecule is CNC(=O)N1CC[C@H](C[C@@H](C(=O)Nc2ccc(C)cn2)c2ccc(S(=O)(=O)C3CC3)cc2)C1. The standard InChI is InChI=1S/C24H30N4O4S/c1-16-3-10-22(26-14-16)27-23(29)21(13-17-11-12-28(15-17)24(30)25-2)18-4-6-19(7-5-18)33(31,32)20-8-9-20/h3-7,10,14,17,20-21H,8-9,11-13,15H2,1-2H3,(H,25,30)(H,26,27,29)/t17-,21-/m1/s1. The fraction of sp³-hybridized carbons (Fsp3) is 0.458. The lowest BCUT2D eigenvalue weighted by atomic mass is 9.87. The summed E-state index contributed by atoms with van der Waals surface area (Å²) in [5.74, 6) is -0.0381. The minimum Gasteiger partial charge on any atom is -0.341 e. The quantitative estimate of drug-likeness (QED) is 0.646. The zero-order valence-electron chi connectivity index (χ0n) is 19.0. The zero-order valence-corrected chi connectivity index (χ0v) is 19.8. The number of urea groups is 1. The highest BCUT2D eigenvalue weighted by atomic mass is 32.2. The number of carbonyl (C=O) groups is 2. The first kappa shape index (κ1) is 23.2. The third kappa shape index (κ3) is 5.35. The van der Waals surface area contributed by atoms with Gasteiger partial charge in [0.25, 0.3) is 0 Å². The van der Waals surface area contributed by atoms with E-state index in [1.165, 1.54) is 0 Å². The third-order valence-corrected chi connectivity index (χ3v) is 8.69. The Kier molecular flexibility index (Phi) is 6.69. The van der Waals surface area contributed by atoms with Gasteiger partial charge in [0, 0.05) is 26.3 Å². The number of nitrogens with one attached hydrogen (secondary N) is 2. The van der Waals surface area contributed by atoms with Crippen LogP contribution in [0.1, 0.15) is 42.7 Å². The van der Waals surface area contributed by atoms with Gasteiger partial charge >= 0.3 is 6.03 Å². The van der Waals surface area contributed by atoms with Crippen molar-refractivity contribution in [2.45, 2.75) is 48.7 Å². The molecule has 2 atom stereocenters. The Labute approximate surface area is 194 Å². The molecular formula is C24H30N4O4S. The van der Waals surface area contributed by atoms with Gasteiger partial charge in [-0.1, -0.05) is 18.2 Å². The zero-order chi connectivity index (χ0) is 23.6. The van der Waals surface area contributed by atoms with Gasteiger partial charge in [-0.2, -0.15) is 0 Å². The summed E-state index contributed by atoms with van der Waals surface area (Å²) in [6.45, 7) is 3.16. The predicted octanol–water partition coefficient (Wildman–Crippen LogP) is 3.10. The van der Waals surface area contributed by atoms with Crippen LogP contribution in [0.5, 0.6) is 0 Å². The summed E-state index contributed by atoms with van der Waals surface area (Å²) in [5.41, 5.74) is 1.75. The highest BCUT2D eigenvalue weighted by Crippen LogP contribution is 2.35. The van der Waals surface area contributed by atoms with E-state index in [9.17, 15) is 18.0 Å². The van der Waals surface area contributed by atoms with Gasteiger partial charge in [0.15, 0.2) is 9.84 Å². The maximum atomic E-state index is 13.3. The molecule has 0 radical (unpaired) electrons. The molecule has 1 aliphatic carbocycles. The van der Waals surface area contributed by atoms with Gasteiger partial charge in [-0.3, -0.25) is 4.79 Å².